The van der Waals surface area contributed by atoms with Gasteiger partial charge in [0.2, 0.25) is 0 Å². The normalized spacial score (nSPS) is 17.5. The molecule has 4 rings (SSSR count). The fourth-order valence-electron chi connectivity index (χ4n) is 4.39. The number of ether oxygens (including phenoxy) is 1. The van der Waals surface area contributed by atoms with Crippen LogP contribution in [0.5, 0.6) is 5.75 Å². The molecule has 5 nitrogen and oxygen atoms in total. The Kier molecular flexibility index (Phi) is 7.04. The van der Waals surface area contributed by atoms with Crippen molar-refractivity contribution in [2.24, 2.45) is 0 Å². The third kappa shape index (κ3) is 4.56. The smallest absolute Gasteiger partial charge is 0.300 e. The number of halogens is 2. The van der Waals surface area contributed by atoms with Crippen LogP contribution >= 0.6 is 27.5 Å². The number of hydrogen-bond donors (Lipinski definition) is 1. The molecule has 3 aromatic rings. The highest BCUT2D eigenvalue weighted by Gasteiger charge is 2.47. The monoisotopic (exact) mass is 567 g/mol. The predicted octanol–water partition coefficient (Wildman–Crippen LogP) is 7.34. The molecule has 3 aromatic carbocycles. The second-order valence-corrected chi connectivity index (χ2v) is 11.0. The predicted molar refractivity (Wildman–Crippen MR) is 147 cm³/mol. The lowest BCUT2D eigenvalue weighted by atomic mass is 9.85. The summed E-state index contributed by atoms with van der Waals surface area (Å²) in [4.78, 5) is 28.3. The molecule has 1 unspecified atom stereocenters. The summed E-state index contributed by atoms with van der Waals surface area (Å²) < 4.78 is 5.90. The van der Waals surface area contributed by atoms with Crippen LogP contribution < -0.4 is 9.64 Å². The van der Waals surface area contributed by atoms with E-state index in [4.69, 9.17) is 16.3 Å². The van der Waals surface area contributed by atoms with Crippen molar-refractivity contribution in [3.8, 4) is 5.75 Å². The van der Waals surface area contributed by atoms with E-state index >= 15 is 0 Å². The van der Waals surface area contributed by atoms with Crippen molar-refractivity contribution >= 4 is 50.7 Å². The number of carbonyl (C=O) groups is 2. The summed E-state index contributed by atoms with van der Waals surface area (Å²) in [6.07, 6.45) is 0. The van der Waals surface area contributed by atoms with Crippen LogP contribution in [0.4, 0.5) is 5.69 Å². The van der Waals surface area contributed by atoms with Crippen LogP contribution in [0.1, 0.15) is 49.1 Å². The summed E-state index contributed by atoms with van der Waals surface area (Å²) in [6, 6.07) is 17.2. The number of nitrogens with zero attached hydrogens (tertiary/aromatic N) is 1. The van der Waals surface area contributed by atoms with E-state index in [0.29, 0.717) is 37.6 Å². The van der Waals surface area contributed by atoms with Crippen LogP contribution in [-0.4, -0.2) is 23.9 Å². The fraction of sp³-hybridized carbons (Fsp3) is 0.241. The minimum atomic E-state index is -0.836. The molecule has 0 radical (unpaired) electrons. The van der Waals surface area contributed by atoms with Gasteiger partial charge in [-0.25, -0.2) is 0 Å². The lowest BCUT2D eigenvalue weighted by Gasteiger charge is -2.28. The summed E-state index contributed by atoms with van der Waals surface area (Å²) in [6.45, 7) is 8.15. The highest BCUT2D eigenvalue weighted by molar-refractivity contribution is 9.10. The Bertz CT molecular complexity index is 1390. The second-order valence-electron chi connectivity index (χ2n) is 9.77. The molecule has 1 N–H and O–H groups in total. The zero-order valence-electron chi connectivity index (χ0n) is 20.7. The molecule has 1 fully saturated rings. The van der Waals surface area contributed by atoms with Crippen molar-refractivity contribution in [2.45, 2.75) is 39.2 Å². The van der Waals surface area contributed by atoms with Gasteiger partial charge in [-0.1, -0.05) is 62.7 Å². The Balaban J connectivity index is 1.96. The summed E-state index contributed by atoms with van der Waals surface area (Å²) in [5, 5.41) is 11.9. The van der Waals surface area contributed by atoms with Gasteiger partial charge in [0.05, 0.1) is 23.2 Å². The van der Waals surface area contributed by atoms with Crippen LogP contribution in [0.15, 0.2) is 70.7 Å². The van der Waals surface area contributed by atoms with E-state index in [1.165, 1.54) is 4.90 Å². The number of hydrogen-bond acceptors (Lipinski definition) is 4. The van der Waals surface area contributed by atoms with Crippen LogP contribution in [0.2, 0.25) is 5.02 Å². The minimum Gasteiger partial charge on any atom is -0.507 e. The van der Waals surface area contributed by atoms with Gasteiger partial charge in [0.1, 0.15) is 11.5 Å². The number of benzene rings is 3. The van der Waals surface area contributed by atoms with E-state index < -0.39 is 17.7 Å². The zero-order valence-corrected chi connectivity index (χ0v) is 23.1. The largest absolute Gasteiger partial charge is 0.507 e. The molecule has 0 aliphatic carbocycles. The first-order valence-corrected chi connectivity index (χ1v) is 12.6. The van der Waals surface area contributed by atoms with E-state index in [1.54, 1.807) is 50.4 Å². The van der Waals surface area contributed by atoms with E-state index in [2.05, 4.69) is 36.7 Å². The summed E-state index contributed by atoms with van der Waals surface area (Å²) in [5.74, 6) is -1.16. The summed E-state index contributed by atoms with van der Waals surface area (Å²) in [5.41, 5.74) is 3.34. The van der Waals surface area contributed by atoms with Crippen molar-refractivity contribution in [1.29, 1.82) is 0 Å². The molecule has 0 spiro atoms. The van der Waals surface area contributed by atoms with Crippen LogP contribution in [0.3, 0.4) is 0 Å². The van der Waals surface area contributed by atoms with E-state index in [9.17, 15) is 14.7 Å². The van der Waals surface area contributed by atoms with Crippen molar-refractivity contribution < 1.29 is 19.4 Å². The fourth-order valence-corrected chi connectivity index (χ4v) is 5.10. The maximum atomic E-state index is 13.5. The van der Waals surface area contributed by atoms with Gasteiger partial charge in [-0.2, -0.15) is 0 Å². The maximum Gasteiger partial charge on any atom is 0.300 e. The van der Waals surface area contributed by atoms with Crippen LogP contribution in [0.25, 0.3) is 5.76 Å². The molecule has 0 aromatic heterocycles. The van der Waals surface area contributed by atoms with Gasteiger partial charge in [-0.05, 0) is 75.3 Å². The Morgan fingerprint density at radius 3 is 2.31 bits per heavy atom. The average Bonchev–Trinajstić information content (AvgIpc) is 3.10. The molecular weight excluding hydrogens is 542 g/mol. The zero-order chi connectivity index (χ0) is 26.4. The number of methoxy groups -OCH3 is 1. The molecule has 1 aliphatic heterocycles. The Morgan fingerprint density at radius 2 is 1.72 bits per heavy atom. The van der Waals surface area contributed by atoms with E-state index in [-0.39, 0.29) is 16.7 Å². The van der Waals surface area contributed by atoms with Crippen LogP contribution in [0, 0.1) is 6.92 Å². The van der Waals surface area contributed by atoms with Gasteiger partial charge in [0, 0.05) is 16.3 Å². The van der Waals surface area contributed by atoms with Crippen molar-refractivity contribution in [2.75, 3.05) is 12.0 Å². The molecule has 0 bridgehead atoms. The second kappa shape index (κ2) is 9.75. The van der Waals surface area contributed by atoms with Gasteiger partial charge in [0.15, 0.2) is 0 Å². The van der Waals surface area contributed by atoms with E-state index in [1.807, 2.05) is 24.3 Å². The molecule has 186 valence electrons. The first-order valence-electron chi connectivity index (χ1n) is 11.5. The number of aliphatic hydroxyl groups excluding tert-OH is 1. The van der Waals surface area contributed by atoms with Gasteiger partial charge < -0.3 is 9.84 Å². The Morgan fingerprint density at radius 1 is 1.06 bits per heavy atom. The third-order valence-corrected chi connectivity index (χ3v) is 7.49. The van der Waals surface area contributed by atoms with Gasteiger partial charge in [0.25, 0.3) is 11.7 Å². The lowest BCUT2D eigenvalue weighted by molar-refractivity contribution is -0.132. The Hall–Kier alpha value is -3.09. The molecule has 1 amide bonds. The number of carbonyl (C=O) groups excluding carboxylic acids is 2. The highest BCUT2D eigenvalue weighted by Crippen LogP contribution is 2.44. The van der Waals surface area contributed by atoms with Crippen molar-refractivity contribution in [3.05, 3.63) is 98.0 Å². The first kappa shape index (κ1) is 26.0. The van der Waals surface area contributed by atoms with Crippen molar-refractivity contribution in [1.82, 2.24) is 0 Å². The molecule has 1 aliphatic rings. The lowest BCUT2D eigenvalue weighted by Crippen LogP contribution is -2.30. The minimum absolute atomic E-state index is 0.0138. The van der Waals surface area contributed by atoms with Crippen LogP contribution in [-0.2, 0) is 15.0 Å². The quantitative estimate of drug-likeness (QED) is 0.203. The molecular formula is C29H27BrClNO4. The molecule has 1 heterocycles. The van der Waals surface area contributed by atoms with Gasteiger partial charge in [-0.3, -0.25) is 14.5 Å². The average molecular weight is 569 g/mol. The standard InChI is InChI=1S/C29H27BrClNO4/c1-16-21(31)7-6-8-22(16)32-25(17-9-12-19(13-10-17)29(2,3)4)24(27(34)28(32)35)26(33)18-11-14-23(36-5)20(30)15-18/h6-15,25,33H,1-5H3/b26-24+. The topological polar surface area (TPSA) is 66.8 Å². The number of rotatable bonds is 4. The summed E-state index contributed by atoms with van der Waals surface area (Å²) >= 11 is 9.81. The van der Waals surface area contributed by atoms with E-state index in [0.717, 1.165) is 5.56 Å². The maximum absolute atomic E-state index is 13.5. The molecule has 36 heavy (non-hydrogen) atoms. The van der Waals surface area contributed by atoms with Gasteiger partial charge >= 0.3 is 0 Å². The highest BCUT2D eigenvalue weighted by atomic mass is 79.9. The molecule has 1 atom stereocenters. The Labute approximate surface area is 224 Å². The molecule has 7 heteroatoms. The number of aliphatic hydroxyl groups is 1. The number of amides is 1. The first-order chi connectivity index (χ1) is 17.0. The SMILES string of the molecule is COc1ccc(/C(O)=C2\C(=O)C(=O)N(c3cccc(Cl)c3C)C2c2ccc(C(C)(C)C)cc2)cc1Br. The van der Waals surface area contributed by atoms with Gasteiger partial charge in [-0.15, -0.1) is 0 Å². The van der Waals surface area contributed by atoms with Crippen molar-refractivity contribution in [3.63, 3.8) is 0 Å². The number of ketones is 1. The third-order valence-electron chi connectivity index (χ3n) is 6.46. The summed E-state index contributed by atoms with van der Waals surface area (Å²) in [7, 11) is 1.54. The molecule has 1 saturated heterocycles. The number of anilines is 1. The molecule has 0 saturated carbocycles. The number of Topliss-reactive ketones (excluding diaryl/α,β-unsaturated/α-hetero) is 1.